The minimum Gasteiger partial charge on any atom is -0.490 e. The van der Waals surface area contributed by atoms with Crippen LogP contribution >= 0.6 is 0 Å². The van der Waals surface area contributed by atoms with Crippen molar-refractivity contribution in [1.82, 2.24) is 14.4 Å². The Labute approximate surface area is 166 Å². The van der Waals surface area contributed by atoms with E-state index in [9.17, 15) is 9.59 Å². The van der Waals surface area contributed by atoms with Crippen LogP contribution in [0.25, 0.3) is 10.9 Å². The lowest BCUT2D eigenvalue weighted by molar-refractivity contribution is -0.127. The van der Waals surface area contributed by atoms with Crippen molar-refractivity contribution in [3.63, 3.8) is 0 Å². The largest absolute Gasteiger partial charge is 0.490 e. The van der Waals surface area contributed by atoms with E-state index in [-0.39, 0.29) is 24.0 Å². The Bertz CT molecular complexity index is 909. The Balaban J connectivity index is 1.56. The number of rotatable bonds is 3. The second kappa shape index (κ2) is 7.24. The predicted molar refractivity (Wildman–Crippen MR) is 109 cm³/mol. The van der Waals surface area contributed by atoms with Crippen molar-refractivity contribution >= 4 is 22.7 Å². The van der Waals surface area contributed by atoms with Gasteiger partial charge in [0, 0.05) is 49.5 Å². The molecule has 0 saturated carbocycles. The molecule has 1 aromatic carbocycles. The second-order valence-electron chi connectivity index (χ2n) is 8.35. The van der Waals surface area contributed by atoms with Gasteiger partial charge in [0.15, 0.2) is 0 Å². The van der Waals surface area contributed by atoms with Crippen LogP contribution < -0.4 is 4.74 Å². The van der Waals surface area contributed by atoms with Crippen molar-refractivity contribution < 1.29 is 14.3 Å². The first-order chi connectivity index (χ1) is 13.3. The van der Waals surface area contributed by atoms with E-state index in [0.29, 0.717) is 18.3 Å². The van der Waals surface area contributed by atoms with Crippen molar-refractivity contribution in [2.45, 2.75) is 58.7 Å². The maximum absolute atomic E-state index is 12.7. The quantitative estimate of drug-likeness (QED) is 0.815. The molecule has 1 fully saturated rings. The average molecular weight is 383 g/mol. The van der Waals surface area contributed by atoms with Gasteiger partial charge >= 0.3 is 0 Å². The van der Waals surface area contributed by atoms with Crippen molar-refractivity contribution in [3.05, 3.63) is 30.0 Å². The van der Waals surface area contributed by atoms with Crippen LogP contribution in [0.3, 0.4) is 0 Å². The number of aromatic nitrogens is 1. The smallest absolute Gasteiger partial charge is 0.277 e. The summed E-state index contributed by atoms with van der Waals surface area (Å²) in [5, 5.41) is 0.984. The van der Waals surface area contributed by atoms with Crippen LogP contribution in [0.2, 0.25) is 0 Å². The zero-order valence-electron chi connectivity index (χ0n) is 17.1. The van der Waals surface area contributed by atoms with Crippen LogP contribution in [-0.2, 0) is 4.79 Å². The van der Waals surface area contributed by atoms with Gasteiger partial charge in [-0.25, -0.2) is 0 Å². The number of amides is 2. The summed E-state index contributed by atoms with van der Waals surface area (Å²) in [7, 11) is 0. The molecular formula is C22H29N3O3. The van der Waals surface area contributed by atoms with Gasteiger partial charge in [0.1, 0.15) is 17.5 Å². The van der Waals surface area contributed by atoms with E-state index in [1.165, 1.54) is 11.8 Å². The van der Waals surface area contributed by atoms with Gasteiger partial charge in [0.2, 0.25) is 5.91 Å². The molecule has 2 aliphatic heterocycles. The number of carbonyl (C=O) groups is 2. The lowest BCUT2D eigenvalue weighted by Gasteiger charge is -2.34. The van der Waals surface area contributed by atoms with Crippen molar-refractivity contribution in [3.8, 4) is 5.75 Å². The van der Waals surface area contributed by atoms with Crippen LogP contribution in [-0.4, -0.2) is 58.0 Å². The van der Waals surface area contributed by atoms with E-state index in [1.54, 1.807) is 0 Å². The fourth-order valence-corrected chi connectivity index (χ4v) is 4.47. The summed E-state index contributed by atoms with van der Waals surface area (Å²) in [6.07, 6.45) is 2.30. The first-order valence-corrected chi connectivity index (χ1v) is 10.2. The lowest BCUT2D eigenvalue weighted by atomic mass is 10.1. The number of hydrogen-bond donors (Lipinski definition) is 0. The zero-order valence-corrected chi connectivity index (χ0v) is 17.1. The molecule has 0 aliphatic carbocycles. The molecular weight excluding hydrogens is 354 g/mol. The molecule has 6 heteroatoms. The van der Waals surface area contributed by atoms with Crippen molar-refractivity contribution in [1.29, 1.82) is 0 Å². The number of piperidine rings is 1. The minimum atomic E-state index is -0.217. The molecule has 150 valence electrons. The number of carbonyl (C=O) groups excluding carboxylic acids is 2. The molecule has 1 aromatic heterocycles. The van der Waals surface area contributed by atoms with Crippen LogP contribution in [0.1, 0.15) is 57.1 Å². The van der Waals surface area contributed by atoms with Gasteiger partial charge < -0.3 is 14.2 Å². The van der Waals surface area contributed by atoms with Crippen LogP contribution in [0.5, 0.6) is 5.75 Å². The Hall–Kier alpha value is -2.34. The molecule has 0 bridgehead atoms. The van der Waals surface area contributed by atoms with Gasteiger partial charge in [-0.3, -0.25) is 14.5 Å². The maximum atomic E-state index is 12.7. The SMILES string of the molecule is CC(=O)N1CC(C)n2c(cc3cc(OC4CCN(C(C)C)CC4)ccc32)C1=O. The van der Waals surface area contributed by atoms with E-state index in [2.05, 4.69) is 18.7 Å². The molecule has 0 spiro atoms. The first kappa shape index (κ1) is 19.0. The Morgan fingerprint density at radius 2 is 1.89 bits per heavy atom. The molecule has 1 atom stereocenters. The molecule has 6 nitrogen and oxygen atoms in total. The van der Waals surface area contributed by atoms with E-state index < -0.39 is 0 Å². The zero-order chi connectivity index (χ0) is 20.0. The highest BCUT2D eigenvalue weighted by atomic mass is 16.5. The fraction of sp³-hybridized carbons (Fsp3) is 0.545. The third-order valence-electron chi connectivity index (χ3n) is 6.05. The molecule has 1 unspecified atom stereocenters. The van der Waals surface area contributed by atoms with E-state index in [0.717, 1.165) is 42.6 Å². The van der Waals surface area contributed by atoms with Gasteiger partial charge in [-0.15, -0.1) is 0 Å². The van der Waals surface area contributed by atoms with Crippen molar-refractivity contribution in [2.24, 2.45) is 0 Å². The standard InChI is InChI=1S/C22H29N3O3/c1-14(2)23-9-7-18(8-10-23)28-19-5-6-20-17(11-19)12-21-22(27)24(16(4)26)13-15(3)25(20)21/h5-6,11-12,14-15,18H,7-10,13H2,1-4H3. The third kappa shape index (κ3) is 3.30. The molecule has 2 aromatic rings. The number of nitrogens with zero attached hydrogens (tertiary/aromatic N) is 3. The summed E-state index contributed by atoms with van der Waals surface area (Å²) in [4.78, 5) is 28.3. The number of imide groups is 1. The summed E-state index contributed by atoms with van der Waals surface area (Å²) < 4.78 is 8.29. The number of hydrogen-bond acceptors (Lipinski definition) is 4. The first-order valence-electron chi connectivity index (χ1n) is 10.2. The number of benzene rings is 1. The fourth-order valence-electron chi connectivity index (χ4n) is 4.47. The average Bonchev–Trinajstić information content (AvgIpc) is 3.04. The molecule has 1 saturated heterocycles. The maximum Gasteiger partial charge on any atom is 0.277 e. The lowest BCUT2D eigenvalue weighted by Crippen LogP contribution is -2.44. The molecule has 2 aliphatic rings. The topological polar surface area (TPSA) is 54.8 Å². The van der Waals surface area contributed by atoms with E-state index >= 15 is 0 Å². The van der Waals surface area contributed by atoms with Gasteiger partial charge in [-0.05, 0) is 57.9 Å². The van der Waals surface area contributed by atoms with Crippen molar-refractivity contribution in [2.75, 3.05) is 19.6 Å². The molecule has 3 heterocycles. The predicted octanol–water partition coefficient (Wildman–Crippen LogP) is 3.46. The summed E-state index contributed by atoms with van der Waals surface area (Å²) >= 11 is 0. The van der Waals surface area contributed by atoms with Gasteiger partial charge in [-0.1, -0.05) is 0 Å². The normalized spacial score (nSPS) is 21.4. The van der Waals surface area contributed by atoms with Crippen LogP contribution in [0.15, 0.2) is 24.3 Å². The second-order valence-corrected chi connectivity index (χ2v) is 8.35. The van der Waals surface area contributed by atoms with Gasteiger partial charge in [0.05, 0.1) is 0 Å². The van der Waals surface area contributed by atoms with Crippen LogP contribution in [0.4, 0.5) is 0 Å². The molecule has 4 rings (SSSR count). The Morgan fingerprint density at radius 3 is 2.54 bits per heavy atom. The highest BCUT2D eigenvalue weighted by molar-refractivity contribution is 6.07. The number of fused-ring (bicyclic) bond motifs is 3. The van der Waals surface area contributed by atoms with Crippen LogP contribution in [0, 0.1) is 0 Å². The molecule has 0 N–H and O–H groups in total. The number of likely N-dealkylation sites (tertiary alicyclic amines) is 1. The van der Waals surface area contributed by atoms with Gasteiger partial charge in [-0.2, -0.15) is 0 Å². The highest BCUT2D eigenvalue weighted by Crippen LogP contribution is 2.32. The monoisotopic (exact) mass is 383 g/mol. The number of ether oxygens (including phenoxy) is 1. The molecule has 28 heavy (non-hydrogen) atoms. The summed E-state index contributed by atoms with van der Waals surface area (Å²) in [6.45, 7) is 10.5. The van der Waals surface area contributed by atoms with E-state index in [1.807, 2.05) is 35.8 Å². The highest BCUT2D eigenvalue weighted by Gasteiger charge is 2.32. The van der Waals surface area contributed by atoms with E-state index in [4.69, 9.17) is 4.74 Å². The molecule has 0 radical (unpaired) electrons. The summed E-state index contributed by atoms with van der Waals surface area (Å²) in [6, 6.07) is 8.58. The minimum absolute atomic E-state index is 0.0567. The third-order valence-corrected chi connectivity index (χ3v) is 6.05. The molecule has 2 amide bonds. The summed E-state index contributed by atoms with van der Waals surface area (Å²) in [5.74, 6) is 0.428. The van der Waals surface area contributed by atoms with Gasteiger partial charge in [0.25, 0.3) is 5.91 Å². The Kier molecular flexibility index (Phi) is 4.91. The summed E-state index contributed by atoms with van der Waals surface area (Å²) in [5.41, 5.74) is 1.59. The Morgan fingerprint density at radius 1 is 1.18 bits per heavy atom.